The molecule has 0 aliphatic rings. The van der Waals surface area contributed by atoms with Gasteiger partial charge in [-0.1, -0.05) is 37.3 Å². The number of aromatic nitrogens is 2. The lowest BCUT2D eigenvalue weighted by Gasteiger charge is -2.14. The van der Waals surface area contributed by atoms with E-state index in [9.17, 15) is 8.42 Å². The van der Waals surface area contributed by atoms with E-state index >= 15 is 0 Å². The van der Waals surface area contributed by atoms with Gasteiger partial charge in [0.25, 0.3) is 0 Å². The molecular weight excluding hydrogens is 446 g/mol. The van der Waals surface area contributed by atoms with Crippen LogP contribution in [-0.4, -0.2) is 38.2 Å². The fraction of sp³-hybridized carbons (Fsp3) is 0.154. The highest BCUT2D eigenvalue weighted by Gasteiger charge is 2.12. The molecule has 0 aliphatic carbocycles. The van der Waals surface area contributed by atoms with Crippen molar-refractivity contribution in [1.29, 1.82) is 0 Å². The second kappa shape index (κ2) is 9.93. The van der Waals surface area contributed by atoms with Crippen LogP contribution in [0.4, 0.5) is 28.7 Å². The molecular formula is C26H27N5O2S. The van der Waals surface area contributed by atoms with Crippen molar-refractivity contribution in [3.8, 4) is 11.1 Å². The molecule has 0 bridgehead atoms. The predicted octanol–water partition coefficient (Wildman–Crippen LogP) is 5.49. The maximum atomic E-state index is 12.2. The van der Waals surface area contributed by atoms with Crippen molar-refractivity contribution in [1.82, 2.24) is 9.97 Å². The molecule has 4 aromatic rings. The third-order valence-corrected chi connectivity index (χ3v) is 7.08. The van der Waals surface area contributed by atoms with Gasteiger partial charge >= 0.3 is 0 Å². The molecule has 0 atom stereocenters. The number of nitrogens with one attached hydrogen (secondary N) is 2. The molecule has 3 aromatic carbocycles. The first kappa shape index (κ1) is 23.3. The molecule has 0 spiro atoms. The summed E-state index contributed by atoms with van der Waals surface area (Å²) in [6.45, 7) is 1.63. The van der Waals surface area contributed by atoms with E-state index in [1.54, 1.807) is 37.3 Å². The first-order valence-electron chi connectivity index (χ1n) is 10.9. The molecule has 0 saturated heterocycles. The van der Waals surface area contributed by atoms with Gasteiger partial charge in [-0.3, -0.25) is 0 Å². The summed E-state index contributed by atoms with van der Waals surface area (Å²) < 4.78 is 24.4. The van der Waals surface area contributed by atoms with Crippen molar-refractivity contribution < 1.29 is 8.42 Å². The van der Waals surface area contributed by atoms with Crippen molar-refractivity contribution in [2.75, 3.05) is 35.4 Å². The third kappa shape index (κ3) is 5.52. The number of nitrogens with zero attached hydrogens (tertiary/aromatic N) is 3. The number of hydrogen-bond donors (Lipinski definition) is 2. The van der Waals surface area contributed by atoms with Gasteiger partial charge in [0.1, 0.15) is 18.0 Å². The molecule has 0 fully saturated rings. The molecule has 0 radical (unpaired) electrons. The van der Waals surface area contributed by atoms with Crippen molar-refractivity contribution in [2.45, 2.75) is 11.8 Å². The van der Waals surface area contributed by atoms with Gasteiger partial charge < -0.3 is 15.5 Å². The molecule has 2 N–H and O–H groups in total. The van der Waals surface area contributed by atoms with E-state index in [-0.39, 0.29) is 10.6 Å². The average Bonchev–Trinajstić information content (AvgIpc) is 2.85. The Bertz CT molecular complexity index is 1400. The minimum atomic E-state index is -3.28. The highest BCUT2D eigenvalue weighted by atomic mass is 32.2. The van der Waals surface area contributed by atoms with Crippen molar-refractivity contribution in [2.24, 2.45) is 0 Å². The zero-order chi connectivity index (χ0) is 24.1. The minimum absolute atomic E-state index is 0.0521. The zero-order valence-corrected chi connectivity index (χ0v) is 20.2. The average molecular weight is 474 g/mol. The lowest BCUT2D eigenvalue weighted by Crippen LogP contribution is -2.08. The molecule has 174 valence electrons. The summed E-state index contributed by atoms with van der Waals surface area (Å²) in [6.07, 6.45) is 1.46. The van der Waals surface area contributed by atoms with Gasteiger partial charge in [0.05, 0.1) is 10.6 Å². The lowest BCUT2D eigenvalue weighted by molar-refractivity contribution is 0.597. The zero-order valence-electron chi connectivity index (χ0n) is 19.4. The van der Waals surface area contributed by atoms with Crippen LogP contribution in [0, 0.1) is 0 Å². The first-order chi connectivity index (χ1) is 16.3. The van der Waals surface area contributed by atoms with Crippen LogP contribution in [0.3, 0.4) is 0 Å². The Morgan fingerprint density at radius 3 is 2.00 bits per heavy atom. The topological polar surface area (TPSA) is 87.2 Å². The molecule has 1 aromatic heterocycles. The van der Waals surface area contributed by atoms with Gasteiger partial charge in [-0.2, -0.15) is 0 Å². The number of benzene rings is 3. The van der Waals surface area contributed by atoms with Gasteiger partial charge in [0.15, 0.2) is 9.84 Å². The Kier molecular flexibility index (Phi) is 6.79. The number of hydrogen-bond acceptors (Lipinski definition) is 7. The third-order valence-electron chi connectivity index (χ3n) is 5.34. The summed E-state index contributed by atoms with van der Waals surface area (Å²) >= 11 is 0. The smallest absolute Gasteiger partial charge is 0.178 e. The molecule has 7 nitrogen and oxygen atoms in total. The van der Waals surface area contributed by atoms with Crippen molar-refractivity contribution in [3.63, 3.8) is 0 Å². The summed E-state index contributed by atoms with van der Waals surface area (Å²) in [7, 11) is 0.765. The highest BCUT2D eigenvalue weighted by Crippen LogP contribution is 2.28. The first-order valence-corrected chi connectivity index (χ1v) is 12.6. The quantitative estimate of drug-likeness (QED) is 0.350. The maximum absolute atomic E-state index is 12.2. The second-order valence-corrected chi connectivity index (χ2v) is 10.3. The second-order valence-electron chi connectivity index (χ2n) is 8.00. The van der Waals surface area contributed by atoms with Crippen LogP contribution in [0.25, 0.3) is 11.1 Å². The van der Waals surface area contributed by atoms with E-state index in [4.69, 9.17) is 0 Å². The van der Waals surface area contributed by atoms with Gasteiger partial charge in [-0.25, -0.2) is 18.4 Å². The SMILES string of the molecule is CCS(=O)(=O)c1cccc(Nc2cc(Nc3cccc(-c4cccc(N(C)C)c4)c3)ncn2)c1. The van der Waals surface area contributed by atoms with Gasteiger partial charge in [0, 0.05) is 37.2 Å². The summed E-state index contributed by atoms with van der Waals surface area (Å²) in [5.74, 6) is 1.23. The Balaban J connectivity index is 1.53. The fourth-order valence-electron chi connectivity index (χ4n) is 3.46. The molecule has 0 aliphatic heterocycles. The van der Waals surface area contributed by atoms with Crippen LogP contribution in [0.15, 0.2) is 90.1 Å². The Hall–Kier alpha value is -3.91. The van der Waals surface area contributed by atoms with Crippen molar-refractivity contribution >= 4 is 38.5 Å². The van der Waals surface area contributed by atoms with Crippen LogP contribution < -0.4 is 15.5 Å². The van der Waals surface area contributed by atoms with Crippen LogP contribution in [-0.2, 0) is 9.84 Å². The van der Waals surface area contributed by atoms with Crippen LogP contribution in [0.5, 0.6) is 0 Å². The largest absolute Gasteiger partial charge is 0.378 e. The van der Waals surface area contributed by atoms with Gasteiger partial charge in [-0.05, 0) is 53.6 Å². The molecule has 4 rings (SSSR count). The monoisotopic (exact) mass is 473 g/mol. The van der Waals surface area contributed by atoms with E-state index < -0.39 is 9.84 Å². The van der Waals surface area contributed by atoms with E-state index in [2.05, 4.69) is 55.8 Å². The number of rotatable bonds is 8. The number of sulfone groups is 1. The lowest BCUT2D eigenvalue weighted by atomic mass is 10.0. The molecule has 8 heteroatoms. The molecule has 1 heterocycles. The molecule has 0 unspecified atom stereocenters. The maximum Gasteiger partial charge on any atom is 0.178 e. The minimum Gasteiger partial charge on any atom is -0.378 e. The molecule has 0 amide bonds. The molecule has 34 heavy (non-hydrogen) atoms. The Labute approximate surface area is 200 Å². The van der Waals surface area contributed by atoms with Crippen LogP contribution >= 0.6 is 0 Å². The Morgan fingerprint density at radius 2 is 1.35 bits per heavy atom. The summed E-state index contributed by atoms with van der Waals surface area (Å²) in [6, 6.07) is 25.0. The van der Waals surface area contributed by atoms with E-state index in [0.717, 1.165) is 22.5 Å². The summed E-state index contributed by atoms with van der Waals surface area (Å²) in [4.78, 5) is 10.9. The van der Waals surface area contributed by atoms with Gasteiger partial charge in [-0.15, -0.1) is 0 Å². The normalized spacial score (nSPS) is 11.1. The summed E-state index contributed by atoms with van der Waals surface area (Å²) in [5, 5.41) is 6.49. The van der Waals surface area contributed by atoms with Gasteiger partial charge in [0.2, 0.25) is 0 Å². The number of anilines is 5. The standard InChI is InChI=1S/C26H27N5O2S/c1-4-34(32,33)24-13-7-11-22(16-24)30-26-17-25(27-18-28-26)29-21-10-5-8-19(14-21)20-9-6-12-23(15-20)31(2)3/h5-18H,4H2,1-3H3,(H2,27,28,29,30). The van der Waals surface area contributed by atoms with Crippen LogP contribution in [0.1, 0.15) is 6.92 Å². The molecule has 0 saturated carbocycles. The van der Waals surface area contributed by atoms with Crippen LogP contribution in [0.2, 0.25) is 0 Å². The fourth-order valence-corrected chi connectivity index (χ4v) is 4.39. The highest BCUT2D eigenvalue weighted by molar-refractivity contribution is 7.91. The summed E-state index contributed by atoms with van der Waals surface area (Å²) in [5.41, 5.74) is 4.89. The van der Waals surface area contributed by atoms with E-state index in [1.807, 2.05) is 32.3 Å². The Morgan fingerprint density at radius 1 is 0.765 bits per heavy atom. The predicted molar refractivity (Wildman–Crippen MR) is 139 cm³/mol. The van der Waals surface area contributed by atoms with Crippen molar-refractivity contribution in [3.05, 3.63) is 85.2 Å². The van der Waals surface area contributed by atoms with E-state index in [0.29, 0.717) is 17.3 Å². The van der Waals surface area contributed by atoms with E-state index in [1.165, 1.54) is 6.33 Å².